The van der Waals surface area contributed by atoms with E-state index in [-0.39, 0.29) is 12.0 Å². The summed E-state index contributed by atoms with van der Waals surface area (Å²) in [5.41, 5.74) is 1.65. The Balaban J connectivity index is 2.23. The Morgan fingerprint density at radius 3 is 2.70 bits per heavy atom. The molecule has 0 bridgehead atoms. The highest BCUT2D eigenvalue weighted by atomic mass is 16.5. The van der Waals surface area contributed by atoms with Crippen molar-refractivity contribution >= 4 is 11.9 Å². The summed E-state index contributed by atoms with van der Waals surface area (Å²) >= 11 is 0. The van der Waals surface area contributed by atoms with E-state index in [9.17, 15) is 9.59 Å². The first kappa shape index (κ1) is 20.4. The fraction of sp³-hybridized carbons (Fsp3) is 0.400. The summed E-state index contributed by atoms with van der Waals surface area (Å²) in [4.78, 5) is 29.0. The number of esters is 1. The molecule has 27 heavy (non-hydrogen) atoms. The lowest BCUT2D eigenvalue weighted by atomic mass is 9.95. The molecule has 1 atom stereocenters. The highest BCUT2D eigenvalue weighted by Gasteiger charge is 2.23. The van der Waals surface area contributed by atoms with Crippen LogP contribution in [0, 0.1) is 5.41 Å². The number of carbonyl (C=O) groups is 2. The number of hydrogen-bond donors (Lipinski definition) is 1. The molecule has 1 unspecified atom stereocenters. The topological polar surface area (TPSA) is 86.1 Å². The lowest BCUT2D eigenvalue weighted by Gasteiger charge is -2.17. The molecule has 0 saturated heterocycles. The van der Waals surface area contributed by atoms with Crippen LogP contribution in [0.1, 0.15) is 38.2 Å². The zero-order valence-electron chi connectivity index (χ0n) is 16.4. The number of nitrogens with one attached hydrogen (secondary N) is 1. The van der Waals surface area contributed by atoms with Gasteiger partial charge in [-0.15, -0.1) is 0 Å². The molecular weight excluding hydrogens is 344 g/mol. The third kappa shape index (κ3) is 5.77. The summed E-state index contributed by atoms with van der Waals surface area (Å²) in [6, 6.07) is 4.47. The number of allylic oxidation sites excluding steroid dienone is 1. The summed E-state index contributed by atoms with van der Waals surface area (Å²) in [6.07, 6.45) is 6.89. The van der Waals surface area contributed by atoms with E-state index < -0.39 is 17.9 Å². The van der Waals surface area contributed by atoms with Gasteiger partial charge in [-0.25, -0.2) is 4.79 Å². The second-order valence-electron chi connectivity index (χ2n) is 7.21. The van der Waals surface area contributed by atoms with Gasteiger partial charge in [0.2, 0.25) is 0 Å². The monoisotopic (exact) mass is 370 g/mol. The van der Waals surface area contributed by atoms with Gasteiger partial charge in [-0.05, 0) is 30.5 Å². The number of carbonyl (C=O) groups excluding carboxylic acids is 2. The van der Waals surface area contributed by atoms with Gasteiger partial charge in [0, 0.05) is 25.0 Å². The number of amides is 1. The normalized spacial score (nSPS) is 12.8. The van der Waals surface area contributed by atoms with E-state index >= 15 is 0 Å². The molecular formula is C20H26N4O3. The summed E-state index contributed by atoms with van der Waals surface area (Å²) in [5.74, 6) is -0.905. The van der Waals surface area contributed by atoms with E-state index in [1.165, 1.54) is 4.68 Å². The van der Waals surface area contributed by atoms with E-state index in [1.807, 2.05) is 32.9 Å². The van der Waals surface area contributed by atoms with E-state index in [1.54, 1.807) is 44.6 Å². The van der Waals surface area contributed by atoms with Crippen LogP contribution in [0.4, 0.5) is 0 Å². The van der Waals surface area contributed by atoms with Crippen molar-refractivity contribution in [1.82, 2.24) is 20.1 Å². The van der Waals surface area contributed by atoms with Gasteiger partial charge >= 0.3 is 5.97 Å². The molecule has 0 saturated carbocycles. The van der Waals surface area contributed by atoms with Crippen LogP contribution in [0.15, 0.2) is 42.7 Å². The highest BCUT2D eigenvalue weighted by Crippen LogP contribution is 2.18. The smallest absolute Gasteiger partial charge is 0.332 e. The molecule has 144 valence electrons. The SMILES string of the molecule is CCOC(=O)C(/C=C/C(C)(C)C)NC(=O)c1cc(-c2cccnc2)nn1C. The van der Waals surface area contributed by atoms with E-state index in [4.69, 9.17) is 4.74 Å². The van der Waals surface area contributed by atoms with Gasteiger partial charge in [0.25, 0.3) is 5.91 Å². The average Bonchev–Trinajstić information content (AvgIpc) is 3.00. The van der Waals surface area contributed by atoms with Crippen LogP contribution < -0.4 is 5.32 Å². The Morgan fingerprint density at radius 1 is 1.37 bits per heavy atom. The van der Waals surface area contributed by atoms with E-state index in [0.717, 1.165) is 5.56 Å². The Labute approximate surface area is 159 Å². The molecule has 7 heteroatoms. The van der Waals surface area contributed by atoms with Crippen molar-refractivity contribution in [3.63, 3.8) is 0 Å². The molecule has 2 aromatic heterocycles. The van der Waals surface area contributed by atoms with Gasteiger partial charge in [0.15, 0.2) is 0 Å². The van der Waals surface area contributed by atoms with Crippen molar-refractivity contribution in [2.75, 3.05) is 6.61 Å². The van der Waals surface area contributed by atoms with Crippen LogP contribution in [-0.4, -0.2) is 39.3 Å². The molecule has 2 aromatic rings. The number of pyridine rings is 1. The molecule has 2 rings (SSSR count). The molecule has 0 aromatic carbocycles. The van der Waals surface area contributed by atoms with Gasteiger partial charge in [0.05, 0.1) is 12.3 Å². The molecule has 2 heterocycles. The van der Waals surface area contributed by atoms with Crippen molar-refractivity contribution in [1.29, 1.82) is 0 Å². The third-order valence-electron chi connectivity index (χ3n) is 3.69. The lowest BCUT2D eigenvalue weighted by molar-refractivity contribution is -0.144. The Morgan fingerprint density at radius 2 is 2.11 bits per heavy atom. The lowest BCUT2D eigenvalue weighted by Crippen LogP contribution is -2.41. The fourth-order valence-corrected chi connectivity index (χ4v) is 2.35. The summed E-state index contributed by atoms with van der Waals surface area (Å²) < 4.78 is 6.55. The predicted molar refractivity (Wildman–Crippen MR) is 103 cm³/mol. The molecule has 0 aliphatic rings. The molecule has 0 radical (unpaired) electrons. The van der Waals surface area contributed by atoms with Crippen LogP contribution in [0.5, 0.6) is 0 Å². The van der Waals surface area contributed by atoms with Gasteiger partial charge in [-0.3, -0.25) is 14.5 Å². The summed E-state index contributed by atoms with van der Waals surface area (Å²) in [6.45, 7) is 8.00. The van der Waals surface area contributed by atoms with Crippen molar-refractivity contribution in [3.05, 3.63) is 48.4 Å². The maximum atomic E-state index is 12.7. The minimum Gasteiger partial charge on any atom is -0.464 e. The van der Waals surface area contributed by atoms with Crippen LogP contribution in [0.25, 0.3) is 11.3 Å². The Kier molecular flexibility index (Phi) is 6.50. The predicted octanol–water partition coefficient (Wildman–Crippen LogP) is 2.75. The second kappa shape index (κ2) is 8.62. The third-order valence-corrected chi connectivity index (χ3v) is 3.69. The molecule has 1 amide bonds. The minimum absolute atomic E-state index is 0.129. The van der Waals surface area contributed by atoms with Crippen molar-refractivity contribution in [2.24, 2.45) is 12.5 Å². The first-order chi connectivity index (χ1) is 12.7. The number of nitrogens with zero attached hydrogens (tertiary/aromatic N) is 3. The maximum Gasteiger partial charge on any atom is 0.332 e. The van der Waals surface area contributed by atoms with Gasteiger partial charge in [-0.2, -0.15) is 5.10 Å². The largest absolute Gasteiger partial charge is 0.464 e. The Hall–Kier alpha value is -2.96. The average molecular weight is 370 g/mol. The number of aryl methyl sites for hydroxylation is 1. The standard InChI is InChI=1S/C20H26N4O3/c1-6-27-19(26)15(9-10-20(2,3)4)22-18(25)17-12-16(23-24(17)5)14-8-7-11-21-13-14/h7-13,15H,6H2,1-5H3,(H,22,25)/b10-9+. The number of hydrogen-bond acceptors (Lipinski definition) is 5. The van der Waals surface area contributed by atoms with E-state index in [0.29, 0.717) is 11.4 Å². The van der Waals surface area contributed by atoms with Crippen molar-refractivity contribution in [2.45, 2.75) is 33.7 Å². The second-order valence-corrected chi connectivity index (χ2v) is 7.21. The zero-order valence-corrected chi connectivity index (χ0v) is 16.4. The maximum absolute atomic E-state index is 12.7. The summed E-state index contributed by atoms with van der Waals surface area (Å²) in [7, 11) is 1.68. The highest BCUT2D eigenvalue weighted by molar-refractivity contribution is 5.96. The zero-order chi connectivity index (χ0) is 20.0. The number of aromatic nitrogens is 3. The van der Waals surface area contributed by atoms with Crippen LogP contribution in [0.2, 0.25) is 0 Å². The molecule has 1 N–H and O–H groups in total. The molecule has 0 aliphatic carbocycles. The van der Waals surface area contributed by atoms with Crippen LogP contribution in [-0.2, 0) is 16.6 Å². The van der Waals surface area contributed by atoms with Crippen LogP contribution >= 0.6 is 0 Å². The molecule has 0 spiro atoms. The van der Waals surface area contributed by atoms with Gasteiger partial charge in [0.1, 0.15) is 11.7 Å². The fourth-order valence-electron chi connectivity index (χ4n) is 2.35. The number of ether oxygens (including phenoxy) is 1. The quantitative estimate of drug-likeness (QED) is 0.624. The van der Waals surface area contributed by atoms with Gasteiger partial charge in [-0.1, -0.05) is 32.9 Å². The first-order valence-electron chi connectivity index (χ1n) is 8.82. The molecule has 7 nitrogen and oxygen atoms in total. The molecule has 0 aliphatic heterocycles. The minimum atomic E-state index is -0.867. The first-order valence-corrected chi connectivity index (χ1v) is 8.82. The number of rotatable bonds is 6. The van der Waals surface area contributed by atoms with Gasteiger partial charge < -0.3 is 10.1 Å². The van der Waals surface area contributed by atoms with E-state index in [2.05, 4.69) is 15.4 Å². The van der Waals surface area contributed by atoms with Crippen LogP contribution in [0.3, 0.4) is 0 Å². The van der Waals surface area contributed by atoms with Crippen molar-refractivity contribution < 1.29 is 14.3 Å². The van der Waals surface area contributed by atoms with Crippen molar-refractivity contribution in [3.8, 4) is 11.3 Å². The Bertz CT molecular complexity index is 819. The summed E-state index contributed by atoms with van der Waals surface area (Å²) in [5, 5.41) is 7.08. The molecule has 0 fully saturated rings.